The Bertz CT molecular complexity index is 1340. The van der Waals surface area contributed by atoms with Gasteiger partial charge >= 0.3 is 0 Å². The molecule has 0 saturated heterocycles. The molecule has 0 fully saturated rings. The molecule has 8 nitrogen and oxygen atoms in total. The maximum absolute atomic E-state index is 12.8. The Morgan fingerprint density at radius 3 is 1.55 bits per heavy atom. The van der Waals surface area contributed by atoms with E-state index in [1.165, 1.54) is 21.6 Å². The highest BCUT2D eigenvalue weighted by atomic mass is 33.1. The molecule has 0 bridgehead atoms. The largest absolute Gasteiger partial charge is 0.380 e. The van der Waals surface area contributed by atoms with E-state index in [-0.39, 0.29) is 24.0 Å². The molecule has 2 heterocycles. The number of rotatable bonds is 11. The van der Waals surface area contributed by atoms with E-state index in [0.29, 0.717) is 24.2 Å². The zero-order chi connectivity index (χ0) is 27.1. The van der Waals surface area contributed by atoms with Crippen molar-refractivity contribution in [1.29, 1.82) is 0 Å². The Morgan fingerprint density at radius 2 is 1.16 bits per heavy atom. The number of aromatic nitrogens is 2. The molecule has 0 aliphatic heterocycles. The molecule has 0 radical (unpaired) electrons. The van der Waals surface area contributed by atoms with Crippen LogP contribution in [0.4, 0.5) is 0 Å². The van der Waals surface area contributed by atoms with Crippen molar-refractivity contribution in [2.24, 2.45) is 0 Å². The lowest BCUT2D eigenvalue weighted by Gasteiger charge is -2.14. The predicted molar refractivity (Wildman–Crippen MR) is 153 cm³/mol. The average Bonchev–Trinajstić information content (AvgIpc) is 2.96. The van der Waals surface area contributed by atoms with E-state index in [4.69, 9.17) is 9.47 Å². The average molecular weight is 551 g/mol. The molecule has 4 rings (SSSR count). The number of methoxy groups -OCH3 is 2. The molecule has 4 aromatic rings. The van der Waals surface area contributed by atoms with Crippen LogP contribution in [0.3, 0.4) is 0 Å². The molecular weight excluding hydrogens is 520 g/mol. The van der Waals surface area contributed by atoms with Crippen molar-refractivity contribution in [1.82, 2.24) is 20.6 Å². The summed E-state index contributed by atoms with van der Waals surface area (Å²) in [4.78, 5) is 36.7. The summed E-state index contributed by atoms with van der Waals surface area (Å²) in [6, 6.07) is 14.9. The summed E-state index contributed by atoms with van der Waals surface area (Å²) in [6.07, 6.45) is 3.29. The fourth-order valence-corrected chi connectivity index (χ4v) is 6.00. The smallest absolute Gasteiger partial charge is 0.252 e. The molecule has 2 aromatic heterocycles. The first-order chi connectivity index (χ1) is 18.4. The van der Waals surface area contributed by atoms with Gasteiger partial charge in [0, 0.05) is 71.4 Å². The molecule has 198 valence electrons. The minimum atomic E-state index is -0.167. The summed E-state index contributed by atoms with van der Waals surface area (Å²) >= 11 is 0. The third kappa shape index (κ3) is 6.44. The molecule has 38 heavy (non-hydrogen) atoms. The number of benzene rings is 2. The molecule has 2 atom stereocenters. The molecule has 10 heteroatoms. The summed E-state index contributed by atoms with van der Waals surface area (Å²) in [5.74, 6) is -0.333. The number of ether oxygens (including phenoxy) is 2. The summed E-state index contributed by atoms with van der Waals surface area (Å²) in [5, 5.41) is 7.40. The Labute approximate surface area is 229 Å². The number of nitrogens with one attached hydrogen (secondary N) is 2. The van der Waals surface area contributed by atoms with Crippen LogP contribution < -0.4 is 10.6 Å². The van der Waals surface area contributed by atoms with Crippen molar-refractivity contribution in [3.05, 3.63) is 72.1 Å². The first kappa shape index (κ1) is 27.8. The third-order valence-electron chi connectivity index (χ3n) is 6.08. The van der Waals surface area contributed by atoms with E-state index in [9.17, 15) is 9.59 Å². The SMILES string of the molecule is COC(C)CNC(=O)c1ccc(SSc2ccc(C(=O)NCC(C)OC)c3cccnc23)c2ncccc12. The highest BCUT2D eigenvalue weighted by Gasteiger charge is 2.17. The van der Waals surface area contributed by atoms with Gasteiger partial charge in [-0.25, -0.2) is 0 Å². The van der Waals surface area contributed by atoms with Gasteiger partial charge in [0.05, 0.1) is 23.2 Å². The zero-order valence-electron chi connectivity index (χ0n) is 21.7. The predicted octanol–water partition coefficient (Wildman–Crippen LogP) is 5.11. The number of nitrogens with zero attached hydrogens (tertiary/aromatic N) is 2. The van der Waals surface area contributed by atoms with Crippen LogP contribution in [-0.4, -0.2) is 61.3 Å². The Balaban J connectivity index is 1.57. The van der Waals surface area contributed by atoms with E-state index >= 15 is 0 Å². The number of hydrogen-bond donors (Lipinski definition) is 2. The lowest BCUT2D eigenvalue weighted by Crippen LogP contribution is -2.31. The van der Waals surface area contributed by atoms with Gasteiger partial charge in [-0.15, -0.1) is 0 Å². The molecular formula is C28H30N4O4S2. The Hall–Kier alpha value is -3.18. The molecule has 2 unspecified atom stereocenters. The summed E-state index contributed by atoms with van der Waals surface area (Å²) in [7, 11) is 6.30. The maximum Gasteiger partial charge on any atom is 0.252 e. The molecule has 2 amide bonds. The number of hydrogen-bond acceptors (Lipinski definition) is 8. The van der Waals surface area contributed by atoms with Crippen molar-refractivity contribution in [2.75, 3.05) is 27.3 Å². The second kappa shape index (κ2) is 13.1. The standard InChI is InChI=1S/C28H30N4O4S2/c1-17(35-3)15-31-27(33)21-9-11-23(25-19(21)7-5-13-29-25)37-38-24-12-10-22(20-8-6-14-30-26(20)24)28(34)32-16-18(2)36-4/h5-14,17-18H,15-16H2,1-4H3,(H,31,33)(H,32,34). The summed E-state index contributed by atoms with van der Waals surface area (Å²) < 4.78 is 10.5. The van der Waals surface area contributed by atoms with Crippen LogP contribution in [0.15, 0.2) is 70.7 Å². The van der Waals surface area contributed by atoms with Crippen LogP contribution in [0, 0.1) is 0 Å². The van der Waals surface area contributed by atoms with Gasteiger partial charge in [0.15, 0.2) is 0 Å². The van der Waals surface area contributed by atoms with Gasteiger partial charge in [-0.2, -0.15) is 0 Å². The van der Waals surface area contributed by atoms with E-state index < -0.39 is 0 Å². The summed E-state index contributed by atoms with van der Waals surface area (Å²) in [5.41, 5.74) is 2.63. The normalized spacial score (nSPS) is 12.8. The highest BCUT2D eigenvalue weighted by Crippen LogP contribution is 2.43. The highest BCUT2D eigenvalue weighted by molar-refractivity contribution is 8.76. The second-order valence-electron chi connectivity index (χ2n) is 8.70. The van der Waals surface area contributed by atoms with Gasteiger partial charge in [0.25, 0.3) is 11.8 Å². The fraction of sp³-hybridized carbons (Fsp3) is 0.286. The molecule has 0 saturated carbocycles. The van der Waals surface area contributed by atoms with Crippen LogP contribution in [0.5, 0.6) is 0 Å². The second-order valence-corrected chi connectivity index (χ2v) is 10.9. The lowest BCUT2D eigenvalue weighted by molar-refractivity contribution is 0.0867. The number of fused-ring (bicyclic) bond motifs is 2. The van der Waals surface area contributed by atoms with Crippen LogP contribution >= 0.6 is 21.6 Å². The molecule has 0 aliphatic carbocycles. The first-order valence-electron chi connectivity index (χ1n) is 12.1. The van der Waals surface area contributed by atoms with Gasteiger partial charge in [-0.05, 0) is 50.2 Å². The van der Waals surface area contributed by atoms with Gasteiger partial charge in [0.1, 0.15) is 0 Å². The maximum atomic E-state index is 12.8. The molecule has 2 aromatic carbocycles. The minimum absolute atomic E-state index is 0.0793. The van der Waals surface area contributed by atoms with E-state index in [1.54, 1.807) is 26.6 Å². The van der Waals surface area contributed by atoms with Gasteiger partial charge in [0.2, 0.25) is 0 Å². The van der Waals surface area contributed by atoms with E-state index in [0.717, 1.165) is 31.6 Å². The van der Waals surface area contributed by atoms with Gasteiger partial charge in [-0.1, -0.05) is 33.7 Å². The first-order valence-corrected chi connectivity index (χ1v) is 14.3. The fourth-order valence-electron chi connectivity index (χ4n) is 3.74. The number of carbonyl (C=O) groups excluding carboxylic acids is 2. The molecule has 0 spiro atoms. The van der Waals surface area contributed by atoms with Crippen molar-refractivity contribution in [3.8, 4) is 0 Å². The van der Waals surface area contributed by atoms with Crippen LogP contribution in [-0.2, 0) is 9.47 Å². The monoisotopic (exact) mass is 550 g/mol. The molecule has 2 N–H and O–H groups in total. The number of pyridine rings is 2. The van der Waals surface area contributed by atoms with Gasteiger partial charge in [-0.3, -0.25) is 19.6 Å². The quantitative estimate of drug-likeness (QED) is 0.248. The van der Waals surface area contributed by atoms with Crippen LogP contribution in [0.1, 0.15) is 34.6 Å². The van der Waals surface area contributed by atoms with E-state index in [2.05, 4.69) is 20.6 Å². The number of amides is 2. The minimum Gasteiger partial charge on any atom is -0.380 e. The zero-order valence-corrected chi connectivity index (χ0v) is 23.3. The Morgan fingerprint density at radius 1 is 0.737 bits per heavy atom. The van der Waals surface area contributed by atoms with Crippen molar-refractivity contribution < 1.29 is 19.1 Å². The molecule has 0 aliphatic rings. The van der Waals surface area contributed by atoms with Crippen molar-refractivity contribution in [2.45, 2.75) is 35.8 Å². The summed E-state index contributed by atoms with van der Waals surface area (Å²) in [6.45, 7) is 4.64. The van der Waals surface area contributed by atoms with Gasteiger partial charge < -0.3 is 20.1 Å². The third-order valence-corrected chi connectivity index (χ3v) is 8.51. The van der Waals surface area contributed by atoms with Crippen LogP contribution in [0.2, 0.25) is 0 Å². The van der Waals surface area contributed by atoms with E-state index in [1.807, 2.05) is 62.4 Å². The number of carbonyl (C=O) groups is 2. The lowest BCUT2D eigenvalue weighted by atomic mass is 10.1. The van der Waals surface area contributed by atoms with Crippen molar-refractivity contribution >= 4 is 55.2 Å². The van der Waals surface area contributed by atoms with Crippen LogP contribution in [0.25, 0.3) is 21.8 Å². The van der Waals surface area contributed by atoms with Crippen molar-refractivity contribution in [3.63, 3.8) is 0 Å². The topological polar surface area (TPSA) is 102 Å². The Kier molecular flexibility index (Phi) is 9.57.